The van der Waals surface area contributed by atoms with E-state index in [9.17, 15) is 14.5 Å². The zero-order valence-electron chi connectivity index (χ0n) is 10.1. The third kappa shape index (κ3) is 3.18. The van der Waals surface area contributed by atoms with Gasteiger partial charge in [-0.2, -0.15) is 0 Å². The second kappa shape index (κ2) is 6.07. The summed E-state index contributed by atoms with van der Waals surface area (Å²) in [7, 11) is 0. The minimum atomic E-state index is -0.690. The van der Waals surface area contributed by atoms with Gasteiger partial charge in [-0.1, -0.05) is 41.4 Å². The number of hydrogen-bond donors (Lipinski definition) is 1. The van der Waals surface area contributed by atoms with Crippen molar-refractivity contribution in [3.63, 3.8) is 0 Å². The van der Waals surface area contributed by atoms with Gasteiger partial charge in [0.05, 0.1) is 15.0 Å². The lowest BCUT2D eigenvalue weighted by molar-refractivity contribution is -0.385. The summed E-state index contributed by atoms with van der Waals surface area (Å²) < 4.78 is 13.3. The van der Waals surface area contributed by atoms with Crippen molar-refractivity contribution in [2.45, 2.75) is 6.54 Å². The first-order chi connectivity index (χ1) is 9.49. The highest BCUT2D eigenvalue weighted by Crippen LogP contribution is 2.28. The Morgan fingerprint density at radius 2 is 1.80 bits per heavy atom. The first-order valence-corrected chi connectivity index (χ1v) is 6.35. The van der Waals surface area contributed by atoms with Crippen LogP contribution in [0.4, 0.5) is 15.8 Å². The van der Waals surface area contributed by atoms with Crippen LogP contribution in [0.1, 0.15) is 5.56 Å². The number of rotatable bonds is 4. The Hall–Kier alpha value is -1.85. The van der Waals surface area contributed by atoms with Crippen LogP contribution in [0.5, 0.6) is 0 Å². The van der Waals surface area contributed by atoms with Gasteiger partial charge in [0.2, 0.25) is 0 Å². The number of nitro groups is 1. The van der Waals surface area contributed by atoms with Crippen molar-refractivity contribution in [3.8, 4) is 0 Å². The Morgan fingerprint density at radius 1 is 1.20 bits per heavy atom. The van der Waals surface area contributed by atoms with E-state index in [-0.39, 0.29) is 22.3 Å². The molecule has 0 amide bonds. The number of para-hydroxylation sites is 1. The summed E-state index contributed by atoms with van der Waals surface area (Å²) in [6.07, 6.45) is 0. The number of anilines is 1. The molecule has 0 saturated heterocycles. The van der Waals surface area contributed by atoms with Crippen molar-refractivity contribution in [1.29, 1.82) is 0 Å². The molecule has 7 heteroatoms. The van der Waals surface area contributed by atoms with E-state index in [1.807, 2.05) is 0 Å². The standard InChI is InChI=1S/C13H9Cl2FN2O2/c14-10-5-9(6-11(15)13(10)16)17-7-8-3-1-2-4-12(8)18(19)20/h1-6,17H,7H2. The molecule has 0 aliphatic rings. The maximum Gasteiger partial charge on any atom is 0.274 e. The number of nitrogens with zero attached hydrogens (tertiary/aromatic N) is 1. The van der Waals surface area contributed by atoms with Crippen molar-refractivity contribution in [2.24, 2.45) is 0 Å². The summed E-state index contributed by atoms with van der Waals surface area (Å²) >= 11 is 11.3. The molecule has 2 aromatic rings. The van der Waals surface area contributed by atoms with Gasteiger partial charge in [-0.3, -0.25) is 10.1 Å². The fourth-order valence-electron chi connectivity index (χ4n) is 1.69. The quantitative estimate of drug-likeness (QED) is 0.507. The molecular weight excluding hydrogens is 306 g/mol. The van der Waals surface area contributed by atoms with E-state index >= 15 is 0 Å². The molecule has 4 nitrogen and oxygen atoms in total. The van der Waals surface area contributed by atoms with Crippen LogP contribution in [0, 0.1) is 15.9 Å². The highest BCUT2D eigenvalue weighted by atomic mass is 35.5. The number of halogens is 3. The highest BCUT2D eigenvalue weighted by Gasteiger charge is 2.12. The van der Waals surface area contributed by atoms with E-state index in [1.165, 1.54) is 18.2 Å². The van der Waals surface area contributed by atoms with Crippen molar-refractivity contribution in [1.82, 2.24) is 0 Å². The Labute approximate surface area is 124 Å². The van der Waals surface area contributed by atoms with Crippen LogP contribution < -0.4 is 5.32 Å². The second-order valence-corrected chi connectivity index (χ2v) is 4.81. The molecule has 0 unspecified atom stereocenters. The van der Waals surface area contributed by atoms with Crippen LogP contribution in [0.25, 0.3) is 0 Å². The first kappa shape index (κ1) is 14.6. The predicted molar refractivity (Wildman–Crippen MR) is 76.8 cm³/mol. The molecule has 0 fully saturated rings. The zero-order chi connectivity index (χ0) is 14.7. The summed E-state index contributed by atoms with van der Waals surface area (Å²) in [4.78, 5) is 10.4. The molecule has 2 rings (SSSR count). The molecule has 104 valence electrons. The van der Waals surface area contributed by atoms with Gasteiger partial charge >= 0.3 is 0 Å². The number of nitrogens with one attached hydrogen (secondary N) is 1. The molecule has 0 aliphatic carbocycles. The lowest BCUT2D eigenvalue weighted by Crippen LogP contribution is -2.03. The average molecular weight is 315 g/mol. The van der Waals surface area contributed by atoms with Crippen molar-refractivity contribution in [2.75, 3.05) is 5.32 Å². The fourth-order valence-corrected chi connectivity index (χ4v) is 2.18. The Kier molecular flexibility index (Phi) is 4.42. The van der Waals surface area contributed by atoms with Crippen LogP contribution >= 0.6 is 23.2 Å². The van der Waals surface area contributed by atoms with E-state index in [0.29, 0.717) is 11.3 Å². The molecule has 0 atom stereocenters. The highest BCUT2D eigenvalue weighted by molar-refractivity contribution is 6.35. The van der Waals surface area contributed by atoms with Crippen LogP contribution in [0.15, 0.2) is 36.4 Å². The van der Waals surface area contributed by atoms with Crippen molar-refractivity contribution >= 4 is 34.6 Å². The van der Waals surface area contributed by atoms with Crippen molar-refractivity contribution < 1.29 is 9.31 Å². The van der Waals surface area contributed by atoms with E-state index in [4.69, 9.17) is 23.2 Å². The van der Waals surface area contributed by atoms with Gasteiger partial charge in [-0.05, 0) is 12.1 Å². The topological polar surface area (TPSA) is 55.2 Å². The molecule has 0 bridgehead atoms. The van der Waals surface area contributed by atoms with Crippen LogP contribution in [0.2, 0.25) is 10.0 Å². The lowest BCUT2D eigenvalue weighted by Gasteiger charge is -2.08. The molecule has 0 saturated carbocycles. The van der Waals surface area contributed by atoms with Crippen LogP contribution in [0.3, 0.4) is 0 Å². The van der Waals surface area contributed by atoms with Gasteiger partial charge in [-0.25, -0.2) is 4.39 Å². The third-order valence-corrected chi connectivity index (χ3v) is 3.21. The summed E-state index contributed by atoms with van der Waals surface area (Å²) in [5.74, 6) is -0.690. The van der Waals surface area contributed by atoms with Gasteiger partial charge in [0.1, 0.15) is 0 Å². The number of nitro benzene ring substituents is 1. The zero-order valence-corrected chi connectivity index (χ0v) is 11.6. The maximum atomic E-state index is 13.3. The predicted octanol–water partition coefficient (Wildman–Crippen LogP) is 4.65. The van der Waals surface area contributed by atoms with Gasteiger partial charge in [0.25, 0.3) is 5.69 Å². The fraction of sp³-hybridized carbons (Fsp3) is 0.0769. The summed E-state index contributed by atoms with van der Waals surface area (Å²) in [5.41, 5.74) is 1.01. The first-order valence-electron chi connectivity index (χ1n) is 5.59. The smallest absolute Gasteiger partial charge is 0.274 e. The van der Waals surface area contributed by atoms with E-state index in [0.717, 1.165) is 0 Å². The Bertz CT molecular complexity index is 642. The molecule has 2 aromatic carbocycles. The number of hydrogen-bond acceptors (Lipinski definition) is 3. The molecule has 0 aromatic heterocycles. The summed E-state index contributed by atoms with van der Waals surface area (Å²) in [6, 6.07) is 9.09. The summed E-state index contributed by atoms with van der Waals surface area (Å²) in [5, 5.41) is 13.6. The average Bonchev–Trinajstić information content (AvgIpc) is 2.42. The van der Waals surface area contributed by atoms with Gasteiger partial charge in [-0.15, -0.1) is 0 Å². The van der Waals surface area contributed by atoms with Crippen molar-refractivity contribution in [3.05, 3.63) is 67.9 Å². The van der Waals surface area contributed by atoms with Crippen LogP contribution in [-0.4, -0.2) is 4.92 Å². The van der Waals surface area contributed by atoms with E-state index in [1.54, 1.807) is 18.2 Å². The van der Waals surface area contributed by atoms with E-state index in [2.05, 4.69) is 5.32 Å². The van der Waals surface area contributed by atoms with Gasteiger partial charge < -0.3 is 5.32 Å². The molecule has 0 aliphatic heterocycles. The molecular formula is C13H9Cl2FN2O2. The SMILES string of the molecule is O=[N+]([O-])c1ccccc1CNc1cc(Cl)c(F)c(Cl)c1. The molecule has 0 spiro atoms. The normalized spacial score (nSPS) is 10.3. The Balaban J connectivity index is 2.19. The summed E-state index contributed by atoms with van der Waals surface area (Å²) in [6.45, 7) is 0.204. The molecule has 1 N–H and O–H groups in total. The molecule has 0 heterocycles. The molecule has 20 heavy (non-hydrogen) atoms. The second-order valence-electron chi connectivity index (χ2n) is 3.99. The minimum Gasteiger partial charge on any atom is -0.381 e. The third-order valence-electron chi connectivity index (χ3n) is 2.66. The monoisotopic (exact) mass is 314 g/mol. The lowest BCUT2D eigenvalue weighted by atomic mass is 10.2. The van der Waals surface area contributed by atoms with E-state index < -0.39 is 10.7 Å². The van der Waals surface area contributed by atoms with Crippen LogP contribution in [-0.2, 0) is 6.54 Å². The van der Waals surface area contributed by atoms with Gasteiger partial charge in [0.15, 0.2) is 5.82 Å². The van der Waals surface area contributed by atoms with Gasteiger partial charge in [0, 0.05) is 23.9 Å². The number of benzene rings is 2. The maximum absolute atomic E-state index is 13.3. The Morgan fingerprint density at radius 3 is 2.40 bits per heavy atom. The minimum absolute atomic E-state index is 0.0132. The molecule has 0 radical (unpaired) electrons. The largest absolute Gasteiger partial charge is 0.381 e.